The number of hydrogen-bond donors (Lipinski definition) is 1. The van der Waals surface area contributed by atoms with E-state index in [1.54, 1.807) is 0 Å². The summed E-state index contributed by atoms with van der Waals surface area (Å²) in [5, 5.41) is 0. The average molecular weight is 170 g/mol. The van der Waals surface area contributed by atoms with Crippen molar-refractivity contribution in [1.82, 2.24) is 4.68 Å². The Hall–Kier alpha value is -0.570. The summed E-state index contributed by atoms with van der Waals surface area (Å²) in [7, 11) is 0. The van der Waals surface area contributed by atoms with Crippen LogP contribution in [0.5, 0.6) is 0 Å². The Morgan fingerprint density at radius 1 is 1.64 bits per heavy atom. The molecule has 0 bridgehead atoms. The van der Waals surface area contributed by atoms with Gasteiger partial charge in [0.15, 0.2) is 0 Å². The molecule has 0 aliphatic heterocycles. The zero-order valence-corrected chi connectivity index (χ0v) is 7.82. The lowest BCUT2D eigenvalue weighted by Crippen LogP contribution is -2.17. The van der Waals surface area contributed by atoms with Gasteiger partial charge in [0.1, 0.15) is 0 Å². The Bertz CT molecular complexity index is 208. The van der Waals surface area contributed by atoms with Crippen LogP contribution in [0.1, 0.15) is 5.69 Å². The SMILES string of the molecule is CSCCNn1cccc1C. The fourth-order valence-corrected chi connectivity index (χ4v) is 1.21. The van der Waals surface area contributed by atoms with Crippen LogP contribution < -0.4 is 5.43 Å². The van der Waals surface area contributed by atoms with E-state index in [2.05, 4.69) is 29.3 Å². The third kappa shape index (κ3) is 2.50. The molecule has 1 N–H and O–H groups in total. The number of thioether (sulfide) groups is 1. The normalized spacial score (nSPS) is 10.0. The van der Waals surface area contributed by atoms with Crippen LogP contribution in [0.4, 0.5) is 0 Å². The number of rotatable bonds is 4. The summed E-state index contributed by atoms with van der Waals surface area (Å²) >= 11 is 1.85. The van der Waals surface area contributed by atoms with Gasteiger partial charge in [-0.25, -0.2) is 0 Å². The average Bonchev–Trinajstić information content (AvgIpc) is 2.37. The Balaban J connectivity index is 2.32. The molecule has 0 saturated carbocycles. The van der Waals surface area contributed by atoms with Crippen molar-refractivity contribution < 1.29 is 0 Å². The van der Waals surface area contributed by atoms with Crippen molar-refractivity contribution in [1.29, 1.82) is 0 Å². The molecule has 0 fully saturated rings. The van der Waals surface area contributed by atoms with E-state index in [1.165, 1.54) is 5.69 Å². The molecule has 2 nitrogen and oxygen atoms in total. The Labute approximate surface area is 72.0 Å². The summed E-state index contributed by atoms with van der Waals surface area (Å²) in [4.78, 5) is 0. The monoisotopic (exact) mass is 170 g/mol. The van der Waals surface area contributed by atoms with E-state index in [4.69, 9.17) is 0 Å². The summed E-state index contributed by atoms with van der Waals surface area (Å²) in [6, 6.07) is 4.13. The molecule has 0 saturated heterocycles. The molecule has 0 radical (unpaired) electrons. The van der Waals surface area contributed by atoms with Crippen molar-refractivity contribution in [3.63, 3.8) is 0 Å². The van der Waals surface area contributed by atoms with Gasteiger partial charge in [-0.05, 0) is 25.3 Å². The van der Waals surface area contributed by atoms with E-state index in [0.717, 1.165) is 12.3 Å². The quantitative estimate of drug-likeness (QED) is 0.693. The minimum absolute atomic E-state index is 1.02. The van der Waals surface area contributed by atoms with Gasteiger partial charge >= 0.3 is 0 Å². The van der Waals surface area contributed by atoms with Gasteiger partial charge in [0.2, 0.25) is 0 Å². The molecule has 0 spiro atoms. The predicted octanol–water partition coefficient (Wildman–Crippen LogP) is 1.70. The zero-order valence-electron chi connectivity index (χ0n) is 7.00. The molecular weight excluding hydrogens is 156 g/mol. The van der Waals surface area contributed by atoms with Gasteiger partial charge in [-0.2, -0.15) is 11.8 Å². The molecule has 0 atom stereocenters. The van der Waals surface area contributed by atoms with Crippen molar-refractivity contribution >= 4 is 11.8 Å². The number of nitrogens with one attached hydrogen (secondary N) is 1. The fourth-order valence-electron chi connectivity index (χ4n) is 0.912. The van der Waals surface area contributed by atoms with Crippen molar-refractivity contribution in [2.24, 2.45) is 0 Å². The fraction of sp³-hybridized carbons (Fsp3) is 0.500. The van der Waals surface area contributed by atoms with E-state index >= 15 is 0 Å². The lowest BCUT2D eigenvalue weighted by molar-refractivity contribution is 0.844. The van der Waals surface area contributed by atoms with Crippen LogP contribution in [0, 0.1) is 6.92 Å². The van der Waals surface area contributed by atoms with Crippen molar-refractivity contribution in [3.05, 3.63) is 24.0 Å². The maximum atomic E-state index is 3.29. The summed E-state index contributed by atoms with van der Waals surface area (Å²) < 4.78 is 2.05. The van der Waals surface area contributed by atoms with E-state index < -0.39 is 0 Å². The molecule has 0 aromatic carbocycles. The molecule has 0 aliphatic carbocycles. The van der Waals surface area contributed by atoms with Crippen LogP contribution >= 0.6 is 11.8 Å². The molecule has 1 heterocycles. The highest BCUT2D eigenvalue weighted by molar-refractivity contribution is 7.98. The number of nitrogens with zero attached hydrogens (tertiary/aromatic N) is 1. The van der Waals surface area contributed by atoms with Gasteiger partial charge in [-0.1, -0.05) is 0 Å². The lowest BCUT2D eigenvalue weighted by atomic mass is 10.5. The van der Waals surface area contributed by atoms with E-state index in [0.29, 0.717) is 0 Å². The van der Waals surface area contributed by atoms with E-state index in [1.807, 2.05) is 24.0 Å². The maximum absolute atomic E-state index is 3.29. The molecule has 1 aromatic heterocycles. The second kappa shape index (κ2) is 4.34. The first-order valence-corrected chi connectivity index (χ1v) is 5.11. The Morgan fingerprint density at radius 3 is 3.00 bits per heavy atom. The van der Waals surface area contributed by atoms with Crippen molar-refractivity contribution in [3.8, 4) is 0 Å². The van der Waals surface area contributed by atoms with Gasteiger partial charge in [0, 0.05) is 24.2 Å². The minimum Gasteiger partial charge on any atom is -0.325 e. The first-order chi connectivity index (χ1) is 5.34. The summed E-state index contributed by atoms with van der Waals surface area (Å²) in [5.41, 5.74) is 4.55. The number of aryl methyl sites for hydroxylation is 1. The maximum Gasteiger partial charge on any atom is 0.0404 e. The molecule has 11 heavy (non-hydrogen) atoms. The van der Waals surface area contributed by atoms with Gasteiger partial charge < -0.3 is 5.43 Å². The molecule has 0 amide bonds. The summed E-state index contributed by atoms with van der Waals surface area (Å²) in [5.74, 6) is 1.15. The van der Waals surface area contributed by atoms with Crippen molar-refractivity contribution in [2.75, 3.05) is 24.0 Å². The first kappa shape index (κ1) is 8.53. The third-order valence-corrected chi connectivity index (χ3v) is 2.15. The second-order valence-corrected chi connectivity index (χ2v) is 3.41. The number of aromatic nitrogens is 1. The van der Waals surface area contributed by atoms with E-state index in [-0.39, 0.29) is 0 Å². The Morgan fingerprint density at radius 2 is 2.45 bits per heavy atom. The van der Waals surface area contributed by atoms with Crippen LogP contribution in [0.3, 0.4) is 0 Å². The molecule has 3 heteroatoms. The summed E-state index contributed by atoms with van der Waals surface area (Å²) in [6.07, 6.45) is 4.15. The Kier molecular flexibility index (Phi) is 3.36. The topological polar surface area (TPSA) is 17.0 Å². The molecule has 62 valence electrons. The highest BCUT2D eigenvalue weighted by Gasteiger charge is 1.91. The molecular formula is C8H14N2S. The lowest BCUT2D eigenvalue weighted by Gasteiger charge is -2.08. The van der Waals surface area contributed by atoms with Gasteiger partial charge in [0.25, 0.3) is 0 Å². The second-order valence-electron chi connectivity index (χ2n) is 2.42. The minimum atomic E-state index is 1.02. The van der Waals surface area contributed by atoms with Crippen LogP contribution in [0.25, 0.3) is 0 Å². The van der Waals surface area contributed by atoms with E-state index in [9.17, 15) is 0 Å². The third-order valence-electron chi connectivity index (χ3n) is 1.54. The van der Waals surface area contributed by atoms with Crippen LogP contribution in [-0.4, -0.2) is 23.2 Å². The molecule has 0 unspecified atom stereocenters. The molecule has 1 rings (SSSR count). The van der Waals surface area contributed by atoms with Crippen LogP contribution in [-0.2, 0) is 0 Å². The highest BCUT2D eigenvalue weighted by atomic mass is 32.2. The predicted molar refractivity (Wildman–Crippen MR) is 51.8 cm³/mol. The first-order valence-electron chi connectivity index (χ1n) is 3.71. The highest BCUT2D eigenvalue weighted by Crippen LogP contribution is 1.96. The molecule has 0 aliphatic rings. The van der Waals surface area contributed by atoms with Crippen LogP contribution in [0.2, 0.25) is 0 Å². The standard InChI is InChI=1S/C8H14N2S/c1-8-4-3-6-10(8)9-5-7-11-2/h3-4,6,9H,5,7H2,1-2H3. The molecule has 1 aromatic rings. The van der Waals surface area contributed by atoms with Gasteiger partial charge in [-0.3, -0.25) is 4.68 Å². The smallest absolute Gasteiger partial charge is 0.0404 e. The largest absolute Gasteiger partial charge is 0.325 e. The number of hydrogen-bond acceptors (Lipinski definition) is 2. The van der Waals surface area contributed by atoms with Gasteiger partial charge in [0.05, 0.1) is 0 Å². The van der Waals surface area contributed by atoms with Gasteiger partial charge in [-0.15, -0.1) is 0 Å². The zero-order chi connectivity index (χ0) is 8.10. The summed E-state index contributed by atoms with van der Waals surface area (Å²) in [6.45, 7) is 3.11. The van der Waals surface area contributed by atoms with Crippen LogP contribution in [0.15, 0.2) is 18.3 Å². The van der Waals surface area contributed by atoms with Crippen molar-refractivity contribution in [2.45, 2.75) is 6.92 Å².